The molecule has 4 unspecified atom stereocenters. The number of carbonyl (C=O) groups excluding carboxylic acids is 1. The highest BCUT2D eigenvalue weighted by Gasteiger charge is 2.27. The lowest BCUT2D eigenvalue weighted by Crippen LogP contribution is -2.46. The molecule has 10 heteroatoms. The zero-order valence-corrected chi connectivity index (χ0v) is 32.2. The van der Waals surface area contributed by atoms with Crippen LogP contribution in [0, 0.1) is 0 Å². The zero-order chi connectivity index (χ0) is 36.3. The smallest absolute Gasteiger partial charge is 0.393 e. The number of allylic oxidation sites excluding steroid dienone is 5. The van der Waals surface area contributed by atoms with Crippen LogP contribution in [0.25, 0.3) is 0 Å². The highest BCUT2D eigenvalue weighted by Crippen LogP contribution is 2.43. The Morgan fingerprint density at radius 3 is 1.69 bits per heavy atom. The topological polar surface area (TPSA) is 151 Å². The predicted octanol–water partition coefficient (Wildman–Crippen LogP) is 9.36. The Hall–Kier alpha value is -1.32. The second kappa shape index (κ2) is 35.1. The molecule has 0 fully saturated rings. The number of nitrogens with one attached hydrogen (secondary N) is 1. The molecule has 288 valence electrons. The van der Waals surface area contributed by atoms with Crippen molar-refractivity contribution in [1.29, 1.82) is 0 Å². The molecule has 0 spiro atoms. The Balaban J connectivity index is 4.51. The molecule has 1 amide bonds. The molecule has 0 radical (unpaired) electrons. The number of phosphoric ester groups is 1. The van der Waals surface area contributed by atoms with Gasteiger partial charge in [0.25, 0.3) is 0 Å². The minimum Gasteiger partial charge on any atom is -0.393 e. The number of aliphatic hydroxyl groups excluding tert-OH is 2. The number of unbranched alkanes of at least 4 members (excludes halogenated alkanes) is 18. The Kier molecular flexibility index (Phi) is 34.2. The van der Waals surface area contributed by atoms with Crippen LogP contribution in [0.15, 0.2) is 36.5 Å². The normalized spacial score (nSPS) is 15.3. The van der Waals surface area contributed by atoms with Crippen molar-refractivity contribution in [1.82, 2.24) is 5.32 Å². The summed E-state index contributed by atoms with van der Waals surface area (Å²) >= 11 is 0. The average Bonchev–Trinajstić information content (AvgIpc) is 3.07. The summed E-state index contributed by atoms with van der Waals surface area (Å²) in [5.41, 5.74) is 5.34. The maximum atomic E-state index is 12.7. The molecule has 49 heavy (non-hydrogen) atoms. The molecule has 0 bridgehead atoms. The van der Waals surface area contributed by atoms with E-state index in [1.165, 1.54) is 89.9 Å². The van der Waals surface area contributed by atoms with Crippen LogP contribution in [0.4, 0.5) is 0 Å². The molecule has 0 saturated carbocycles. The van der Waals surface area contributed by atoms with Gasteiger partial charge in [0.15, 0.2) is 0 Å². The number of carbonyl (C=O) groups is 1. The maximum absolute atomic E-state index is 12.7. The van der Waals surface area contributed by atoms with E-state index in [0.29, 0.717) is 12.8 Å². The number of hydrogen-bond donors (Lipinski definition) is 5. The number of phosphoric acid groups is 1. The first-order valence-corrected chi connectivity index (χ1v) is 21.2. The zero-order valence-electron chi connectivity index (χ0n) is 31.3. The monoisotopic (exact) mass is 715 g/mol. The first-order chi connectivity index (χ1) is 23.8. The van der Waals surface area contributed by atoms with Gasteiger partial charge in [-0.1, -0.05) is 153 Å². The van der Waals surface area contributed by atoms with E-state index in [1.54, 1.807) is 6.08 Å². The molecule has 0 aromatic heterocycles. The van der Waals surface area contributed by atoms with Gasteiger partial charge in [-0.2, -0.15) is 0 Å². The summed E-state index contributed by atoms with van der Waals surface area (Å²) in [6.45, 7) is 3.91. The van der Waals surface area contributed by atoms with Crippen LogP contribution in [0.2, 0.25) is 0 Å². The summed E-state index contributed by atoms with van der Waals surface area (Å²) in [5, 5.41) is 23.9. The van der Waals surface area contributed by atoms with E-state index in [-0.39, 0.29) is 19.6 Å². The fourth-order valence-electron chi connectivity index (χ4n) is 5.50. The summed E-state index contributed by atoms with van der Waals surface area (Å²) < 4.78 is 22.0. The predicted molar refractivity (Wildman–Crippen MR) is 204 cm³/mol. The lowest BCUT2D eigenvalue weighted by atomic mass is 10.0. The van der Waals surface area contributed by atoms with Crippen LogP contribution in [-0.2, 0) is 18.4 Å². The van der Waals surface area contributed by atoms with Crippen LogP contribution < -0.4 is 11.1 Å². The summed E-state index contributed by atoms with van der Waals surface area (Å²) in [4.78, 5) is 22.6. The Bertz CT molecular complexity index is 883. The molecule has 0 saturated heterocycles. The minimum atomic E-state index is -4.40. The number of nitrogens with two attached hydrogens (primary N) is 1. The summed E-state index contributed by atoms with van der Waals surface area (Å²) in [6.07, 6.45) is 36.6. The van der Waals surface area contributed by atoms with Crippen molar-refractivity contribution in [3.05, 3.63) is 36.5 Å². The average molecular weight is 715 g/mol. The Morgan fingerprint density at radius 1 is 0.694 bits per heavy atom. The molecule has 0 rings (SSSR count). The minimum absolute atomic E-state index is 0.0425. The molecule has 6 N–H and O–H groups in total. The highest BCUT2D eigenvalue weighted by atomic mass is 31.2. The first kappa shape index (κ1) is 47.7. The fraction of sp³-hybridized carbons (Fsp3) is 0.821. The molecule has 0 heterocycles. The van der Waals surface area contributed by atoms with Gasteiger partial charge in [-0.25, -0.2) is 4.57 Å². The van der Waals surface area contributed by atoms with Crippen LogP contribution in [0.3, 0.4) is 0 Å². The van der Waals surface area contributed by atoms with Crippen molar-refractivity contribution in [2.45, 2.75) is 186 Å². The van der Waals surface area contributed by atoms with Gasteiger partial charge in [-0.05, 0) is 44.9 Å². The van der Waals surface area contributed by atoms with Crippen molar-refractivity contribution >= 4 is 13.7 Å². The van der Waals surface area contributed by atoms with Crippen LogP contribution in [-0.4, -0.2) is 59.0 Å². The van der Waals surface area contributed by atoms with Gasteiger partial charge in [0.2, 0.25) is 5.91 Å². The molecule has 4 atom stereocenters. The lowest BCUT2D eigenvalue weighted by Gasteiger charge is -2.24. The molecule has 0 aliphatic rings. The Labute approximate surface area is 300 Å². The molecule has 0 aromatic carbocycles. The van der Waals surface area contributed by atoms with Crippen LogP contribution in [0.1, 0.15) is 168 Å². The van der Waals surface area contributed by atoms with Gasteiger partial charge in [0, 0.05) is 6.54 Å². The van der Waals surface area contributed by atoms with E-state index < -0.39 is 38.6 Å². The molecular formula is C39H75N2O7P. The van der Waals surface area contributed by atoms with Crippen LogP contribution >= 0.6 is 7.82 Å². The summed E-state index contributed by atoms with van der Waals surface area (Å²) in [7, 11) is -4.40. The van der Waals surface area contributed by atoms with Gasteiger partial charge in [0.05, 0.1) is 37.9 Å². The van der Waals surface area contributed by atoms with Gasteiger partial charge in [-0.3, -0.25) is 13.8 Å². The van der Waals surface area contributed by atoms with E-state index >= 15 is 0 Å². The Morgan fingerprint density at radius 2 is 1.16 bits per heavy atom. The van der Waals surface area contributed by atoms with Gasteiger partial charge < -0.3 is 26.2 Å². The van der Waals surface area contributed by atoms with Gasteiger partial charge in [0.1, 0.15) is 0 Å². The second-order valence-electron chi connectivity index (χ2n) is 13.3. The number of amides is 1. The van der Waals surface area contributed by atoms with Crippen molar-refractivity contribution in [2.24, 2.45) is 5.73 Å². The van der Waals surface area contributed by atoms with E-state index in [2.05, 4.69) is 43.5 Å². The van der Waals surface area contributed by atoms with E-state index in [0.717, 1.165) is 44.9 Å². The molecule has 9 nitrogen and oxygen atoms in total. The molecule has 0 aromatic rings. The number of rotatable bonds is 36. The van der Waals surface area contributed by atoms with Gasteiger partial charge >= 0.3 is 7.82 Å². The van der Waals surface area contributed by atoms with E-state index in [4.69, 9.17) is 14.8 Å². The van der Waals surface area contributed by atoms with Crippen molar-refractivity contribution in [3.8, 4) is 0 Å². The van der Waals surface area contributed by atoms with Crippen LogP contribution in [0.5, 0.6) is 0 Å². The first-order valence-electron chi connectivity index (χ1n) is 19.7. The number of hydrogen-bond acceptors (Lipinski definition) is 7. The number of aliphatic hydroxyl groups is 2. The standard InChI is InChI=1S/C39H75N2O7P/c1-3-5-7-9-11-13-15-16-17-18-19-21-23-25-27-29-31-38(43)37(35-48-49(45,46)47-33-32-40)41-39(44)34-36(42)30-28-26-24-22-20-14-12-10-8-6-4-2/h16-17,21,23,29,31,36-38,42-43H,3-15,18-20,22,24-28,30,32-35,40H2,1-2H3,(H,41,44)(H,45,46)/b17-16+,23-21+,31-29+. The van der Waals surface area contributed by atoms with E-state index in [1.807, 2.05) is 6.08 Å². The fourth-order valence-corrected chi connectivity index (χ4v) is 6.26. The highest BCUT2D eigenvalue weighted by molar-refractivity contribution is 7.47. The van der Waals surface area contributed by atoms with Crippen molar-refractivity contribution in [2.75, 3.05) is 19.8 Å². The van der Waals surface area contributed by atoms with Crippen molar-refractivity contribution in [3.63, 3.8) is 0 Å². The second-order valence-corrected chi connectivity index (χ2v) is 14.8. The summed E-state index contributed by atoms with van der Waals surface area (Å²) in [5.74, 6) is -0.462. The SMILES string of the molecule is CCCCCCCC/C=C/CC/C=C/CC/C=C/C(O)C(COP(=O)(O)OCCN)NC(=O)CC(O)CCCCCCCCCCCCC. The van der Waals surface area contributed by atoms with Crippen molar-refractivity contribution < 1.29 is 33.5 Å². The third-order valence-electron chi connectivity index (χ3n) is 8.50. The molecule has 0 aliphatic carbocycles. The largest absolute Gasteiger partial charge is 0.472 e. The third-order valence-corrected chi connectivity index (χ3v) is 9.49. The summed E-state index contributed by atoms with van der Waals surface area (Å²) in [6, 6.07) is -1.00. The van der Waals surface area contributed by atoms with E-state index in [9.17, 15) is 24.5 Å². The molecular weight excluding hydrogens is 639 g/mol. The third kappa shape index (κ3) is 33.6. The molecule has 0 aliphatic heterocycles. The van der Waals surface area contributed by atoms with Gasteiger partial charge in [-0.15, -0.1) is 0 Å². The quantitative estimate of drug-likeness (QED) is 0.0245. The maximum Gasteiger partial charge on any atom is 0.472 e. The lowest BCUT2D eigenvalue weighted by molar-refractivity contribution is -0.124.